The molecule has 1 aromatic carbocycles. The van der Waals surface area contributed by atoms with Gasteiger partial charge in [0.05, 0.1) is 7.11 Å². The zero-order valence-corrected chi connectivity index (χ0v) is 21.1. The molecule has 0 spiro atoms. The standard InChI is InChI=1S/C22H30BrN3O7/c1-11(2)18-21(30)26(10-15(24)27)17(20(29)25-9-16(28)33-22(3,4)5)13-7-12(23)8-14(31-6)19(13)32-18/h7-8,11,17-18H,9-10H2,1-6H3,(H2,24,27)(H,25,29). The number of carbonyl (C=O) groups is 4. The van der Waals surface area contributed by atoms with E-state index >= 15 is 0 Å². The molecule has 11 heteroatoms. The molecule has 0 saturated carbocycles. The predicted molar refractivity (Wildman–Crippen MR) is 122 cm³/mol. The van der Waals surface area contributed by atoms with Crippen LogP contribution in [0, 0.1) is 5.92 Å². The lowest BCUT2D eigenvalue weighted by Crippen LogP contribution is -2.51. The van der Waals surface area contributed by atoms with Crippen molar-refractivity contribution in [3.05, 3.63) is 22.2 Å². The molecule has 0 radical (unpaired) electrons. The van der Waals surface area contributed by atoms with Crippen molar-refractivity contribution in [2.45, 2.75) is 52.4 Å². The molecule has 1 heterocycles. The number of nitrogens with two attached hydrogens (primary N) is 1. The Hall–Kier alpha value is -2.82. The van der Waals surface area contributed by atoms with Gasteiger partial charge in [0.2, 0.25) is 11.8 Å². The Morgan fingerprint density at radius 2 is 1.91 bits per heavy atom. The number of hydrogen-bond donors (Lipinski definition) is 2. The Morgan fingerprint density at radius 1 is 1.27 bits per heavy atom. The molecule has 0 saturated heterocycles. The zero-order valence-electron chi connectivity index (χ0n) is 19.6. The van der Waals surface area contributed by atoms with Gasteiger partial charge in [-0.1, -0.05) is 29.8 Å². The van der Waals surface area contributed by atoms with E-state index in [1.54, 1.807) is 46.8 Å². The monoisotopic (exact) mass is 527 g/mol. The average Bonchev–Trinajstić information content (AvgIpc) is 2.79. The summed E-state index contributed by atoms with van der Waals surface area (Å²) >= 11 is 3.37. The third-order valence-electron chi connectivity index (χ3n) is 4.65. The Morgan fingerprint density at radius 3 is 2.42 bits per heavy atom. The smallest absolute Gasteiger partial charge is 0.325 e. The maximum atomic E-state index is 13.4. The predicted octanol–water partition coefficient (Wildman–Crippen LogP) is 1.69. The molecular weight excluding hydrogens is 498 g/mol. The molecule has 3 amide bonds. The molecule has 182 valence electrons. The summed E-state index contributed by atoms with van der Waals surface area (Å²) in [4.78, 5) is 51.8. The van der Waals surface area contributed by atoms with Gasteiger partial charge >= 0.3 is 5.97 Å². The molecule has 2 rings (SSSR count). The van der Waals surface area contributed by atoms with E-state index in [9.17, 15) is 19.2 Å². The number of halogens is 1. The van der Waals surface area contributed by atoms with Crippen LogP contribution in [0.2, 0.25) is 0 Å². The lowest BCUT2D eigenvalue weighted by atomic mass is 10.0. The van der Waals surface area contributed by atoms with Crippen molar-refractivity contribution in [3.8, 4) is 11.5 Å². The maximum absolute atomic E-state index is 13.4. The molecule has 0 aliphatic carbocycles. The van der Waals surface area contributed by atoms with E-state index in [2.05, 4.69) is 21.2 Å². The van der Waals surface area contributed by atoms with Crippen LogP contribution in [0.4, 0.5) is 0 Å². The van der Waals surface area contributed by atoms with Crippen molar-refractivity contribution < 1.29 is 33.4 Å². The first-order valence-electron chi connectivity index (χ1n) is 10.4. The van der Waals surface area contributed by atoms with Crippen LogP contribution in [0.25, 0.3) is 0 Å². The van der Waals surface area contributed by atoms with Gasteiger partial charge in [0.1, 0.15) is 24.7 Å². The Kier molecular flexibility index (Phi) is 8.34. The van der Waals surface area contributed by atoms with Gasteiger partial charge in [-0.3, -0.25) is 19.2 Å². The van der Waals surface area contributed by atoms with Gasteiger partial charge in [0, 0.05) is 10.0 Å². The van der Waals surface area contributed by atoms with Crippen molar-refractivity contribution in [2.75, 3.05) is 20.2 Å². The van der Waals surface area contributed by atoms with Gasteiger partial charge < -0.3 is 30.2 Å². The molecule has 0 aromatic heterocycles. The highest BCUT2D eigenvalue weighted by atomic mass is 79.9. The van der Waals surface area contributed by atoms with Crippen molar-refractivity contribution in [1.82, 2.24) is 10.2 Å². The summed E-state index contributed by atoms with van der Waals surface area (Å²) in [6.45, 7) is 7.71. The molecular formula is C22H30BrN3O7. The summed E-state index contributed by atoms with van der Waals surface area (Å²) < 4.78 is 17.2. The number of benzene rings is 1. The summed E-state index contributed by atoms with van der Waals surface area (Å²) in [7, 11) is 1.43. The highest BCUT2D eigenvalue weighted by Gasteiger charge is 2.43. The van der Waals surface area contributed by atoms with Gasteiger partial charge in [-0.25, -0.2) is 0 Å². The number of carbonyl (C=O) groups excluding carboxylic acids is 4. The number of nitrogens with one attached hydrogen (secondary N) is 1. The van der Waals surface area contributed by atoms with Crippen LogP contribution in [0.3, 0.4) is 0 Å². The van der Waals surface area contributed by atoms with E-state index < -0.39 is 54.5 Å². The van der Waals surface area contributed by atoms with E-state index in [-0.39, 0.29) is 17.2 Å². The van der Waals surface area contributed by atoms with Crippen molar-refractivity contribution in [1.29, 1.82) is 0 Å². The lowest BCUT2D eigenvalue weighted by molar-refractivity contribution is -0.155. The number of rotatable bonds is 7. The summed E-state index contributed by atoms with van der Waals surface area (Å²) in [6.07, 6.45) is -0.998. The third-order valence-corrected chi connectivity index (χ3v) is 5.11. The van der Waals surface area contributed by atoms with Gasteiger partial charge in [0.15, 0.2) is 17.6 Å². The molecule has 1 aromatic rings. The van der Waals surface area contributed by atoms with Crippen molar-refractivity contribution in [3.63, 3.8) is 0 Å². The second-order valence-corrected chi connectivity index (χ2v) is 9.86. The minimum absolute atomic E-state index is 0.192. The minimum atomic E-state index is -1.31. The summed E-state index contributed by atoms with van der Waals surface area (Å²) in [5.74, 6) is -2.55. The number of nitrogens with zero attached hydrogens (tertiary/aromatic N) is 1. The number of primary amides is 1. The number of amides is 3. The molecule has 1 aliphatic rings. The zero-order chi connectivity index (χ0) is 25.1. The largest absolute Gasteiger partial charge is 0.493 e. The Balaban J connectivity index is 2.57. The van der Waals surface area contributed by atoms with Gasteiger partial charge in [0.25, 0.3) is 5.91 Å². The van der Waals surface area contributed by atoms with E-state index in [1.165, 1.54) is 7.11 Å². The quantitative estimate of drug-likeness (QED) is 0.514. The van der Waals surface area contributed by atoms with E-state index in [0.29, 0.717) is 10.2 Å². The summed E-state index contributed by atoms with van der Waals surface area (Å²) in [5, 5.41) is 2.50. The number of esters is 1. The second kappa shape index (κ2) is 10.4. The highest BCUT2D eigenvalue weighted by Crippen LogP contribution is 2.43. The number of ether oxygens (including phenoxy) is 3. The van der Waals surface area contributed by atoms with E-state index in [4.69, 9.17) is 19.9 Å². The fourth-order valence-corrected chi connectivity index (χ4v) is 3.83. The second-order valence-electron chi connectivity index (χ2n) is 8.95. The minimum Gasteiger partial charge on any atom is -0.493 e. The van der Waals surface area contributed by atoms with Crippen LogP contribution in [0.1, 0.15) is 46.2 Å². The fourth-order valence-electron chi connectivity index (χ4n) is 3.38. The van der Waals surface area contributed by atoms with Crippen molar-refractivity contribution in [2.24, 2.45) is 11.7 Å². The normalized spacial score (nSPS) is 18.2. The van der Waals surface area contributed by atoms with E-state index in [1.807, 2.05) is 0 Å². The molecule has 0 fully saturated rings. The Bertz CT molecular complexity index is 943. The topological polar surface area (TPSA) is 137 Å². The molecule has 1 aliphatic heterocycles. The fraction of sp³-hybridized carbons (Fsp3) is 0.545. The average molecular weight is 528 g/mol. The molecule has 2 unspecified atom stereocenters. The molecule has 0 bridgehead atoms. The first kappa shape index (κ1) is 26.4. The summed E-state index contributed by atoms with van der Waals surface area (Å²) in [5.41, 5.74) is 4.95. The first-order chi connectivity index (χ1) is 15.2. The first-order valence-corrected chi connectivity index (χ1v) is 11.2. The van der Waals surface area contributed by atoms with Crippen LogP contribution in [-0.4, -0.2) is 60.5 Å². The molecule has 2 atom stereocenters. The van der Waals surface area contributed by atoms with Crippen LogP contribution >= 0.6 is 15.9 Å². The summed E-state index contributed by atoms with van der Waals surface area (Å²) in [6, 6.07) is 1.93. The molecule has 33 heavy (non-hydrogen) atoms. The lowest BCUT2D eigenvalue weighted by Gasteiger charge is -2.30. The highest BCUT2D eigenvalue weighted by molar-refractivity contribution is 9.10. The van der Waals surface area contributed by atoms with Gasteiger partial charge in [-0.15, -0.1) is 0 Å². The van der Waals surface area contributed by atoms with Gasteiger partial charge in [-0.05, 0) is 38.8 Å². The Labute approximate surface area is 201 Å². The van der Waals surface area contributed by atoms with Crippen LogP contribution in [0.5, 0.6) is 11.5 Å². The van der Waals surface area contributed by atoms with Crippen LogP contribution in [0.15, 0.2) is 16.6 Å². The van der Waals surface area contributed by atoms with Crippen LogP contribution in [-0.2, 0) is 23.9 Å². The number of methoxy groups -OCH3 is 1. The van der Waals surface area contributed by atoms with Crippen molar-refractivity contribution >= 4 is 39.6 Å². The maximum Gasteiger partial charge on any atom is 0.325 e. The van der Waals surface area contributed by atoms with Crippen LogP contribution < -0.4 is 20.5 Å². The molecule has 10 nitrogen and oxygen atoms in total. The SMILES string of the molecule is COc1cc(Br)cc2c1OC(C(C)C)C(=O)N(CC(N)=O)C2C(=O)NCC(=O)OC(C)(C)C. The van der Waals surface area contributed by atoms with Gasteiger partial charge in [-0.2, -0.15) is 0 Å². The number of fused-ring (bicyclic) bond motifs is 1. The number of hydrogen-bond acceptors (Lipinski definition) is 7. The molecule has 3 N–H and O–H groups in total. The van der Waals surface area contributed by atoms with E-state index in [0.717, 1.165) is 4.90 Å². The third kappa shape index (κ3) is 6.59.